The average Bonchev–Trinajstić information content (AvgIpc) is 2.44. The van der Waals surface area contributed by atoms with Gasteiger partial charge in [0.25, 0.3) is 0 Å². The van der Waals surface area contributed by atoms with Crippen LogP contribution in [-0.4, -0.2) is 37.1 Å². The van der Waals surface area contributed by atoms with Crippen molar-refractivity contribution >= 4 is 0 Å². The largest absolute Gasteiger partial charge is 0.497 e. The Morgan fingerprint density at radius 3 is 2.00 bits per heavy atom. The van der Waals surface area contributed by atoms with Gasteiger partial charge in [0.05, 0.1) is 26.9 Å². The van der Waals surface area contributed by atoms with E-state index in [9.17, 15) is 10.2 Å². The molecular weight excluding hydrogens is 244 g/mol. The van der Waals surface area contributed by atoms with Gasteiger partial charge in [-0.2, -0.15) is 0 Å². The van der Waals surface area contributed by atoms with Crippen molar-refractivity contribution in [3.8, 4) is 11.5 Å². The van der Waals surface area contributed by atoms with Crippen LogP contribution in [0.25, 0.3) is 0 Å². The van der Waals surface area contributed by atoms with Crippen molar-refractivity contribution in [1.82, 2.24) is 0 Å². The lowest BCUT2D eigenvalue weighted by Crippen LogP contribution is -2.37. The molecule has 0 atom stereocenters. The second-order valence-corrected chi connectivity index (χ2v) is 5.11. The van der Waals surface area contributed by atoms with Crippen LogP contribution in [0.15, 0.2) is 24.3 Å². The molecule has 0 saturated heterocycles. The molecule has 0 radical (unpaired) electrons. The molecule has 4 heteroatoms. The fourth-order valence-electron chi connectivity index (χ4n) is 1.91. The lowest BCUT2D eigenvalue weighted by Gasteiger charge is -2.33. The summed E-state index contributed by atoms with van der Waals surface area (Å²) in [6.45, 7) is 4.39. The van der Waals surface area contributed by atoms with Gasteiger partial charge in [-0.25, -0.2) is 0 Å². The summed E-state index contributed by atoms with van der Waals surface area (Å²) in [7, 11) is 1.62. The topological polar surface area (TPSA) is 58.9 Å². The lowest BCUT2D eigenvalue weighted by atomic mass is 9.76. The fraction of sp³-hybridized carbons (Fsp3) is 0.600. The van der Waals surface area contributed by atoms with Crippen molar-refractivity contribution in [2.75, 3.05) is 26.9 Å². The summed E-state index contributed by atoms with van der Waals surface area (Å²) in [5, 5.41) is 19.0. The molecule has 0 aromatic heterocycles. The van der Waals surface area contributed by atoms with Gasteiger partial charge in [-0.15, -0.1) is 0 Å². The Kier molecular flexibility index (Phi) is 6.12. The van der Waals surface area contributed by atoms with Crippen LogP contribution in [0.1, 0.15) is 20.3 Å². The quantitative estimate of drug-likeness (QED) is 0.758. The summed E-state index contributed by atoms with van der Waals surface area (Å²) in [5.41, 5.74) is -0.480. The van der Waals surface area contributed by atoms with E-state index in [2.05, 4.69) is 0 Å². The second-order valence-electron chi connectivity index (χ2n) is 5.11. The number of hydrogen-bond acceptors (Lipinski definition) is 4. The van der Waals surface area contributed by atoms with Crippen molar-refractivity contribution in [2.45, 2.75) is 20.3 Å². The van der Waals surface area contributed by atoms with E-state index in [1.807, 2.05) is 38.1 Å². The highest BCUT2D eigenvalue weighted by molar-refractivity contribution is 5.31. The van der Waals surface area contributed by atoms with Crippen LogP contribution in [0.5, 0.6) is 11.5 Å². The van der Waals surface area contributed by atoms with Gasteiger partial charge in [0, 0.05) is 5.41 Å². The van der Waals surface area contributed by atoms with Crippen LogP contribution < -0.4 is 9.47 Å². The maximum Gasteiger partial charge on any atom is 0.119 e. The highest BCUT2D eigenvalue weighted by Gasteiger charge is 2.32. The number of benzene rings is 1. The van der Waals surface area contributed by atoms with E-state index in [0.717, 1.165) is 11.5 Å². The number of aliphatic hydroxyl groups excluding tert-OH is 2. The standard InChI is InChI=1S/C15H24O4/c1-12(2)15(10-16,11-17)8-9-19-14-6-4-13(18-3)5-7-14/h4-7,12,16-17H,8-11H2,1-3H3. The molecular formula is C15H24O4. The van der Waals surface area contributed by atoms with E-state index in [1.54, 1.807) is 7.11 Å². The molecule has 0 spiro atoms. The first-order chi connectivity index (χ1) is 9.07. The number of methoxy groups -OCH3 is 1. The van der Waals surface area contributed by atoms with Gasteiger partial charge >= 0.3 is 0 Å². The Bertz CT molecular complexity index is 355. The van der Waals surface area contributed by atoms with Crippen molar-refractivity contribution in [3.05, 3.63) is 24.3 Å². The van der Waals surface area contributed by atoms with E-state index < -0.39 is 5.41 Å². The molecule has 0 fully saturated rings. The highest BCUT2D eigenvalue weighted by Crippen LogP contribution is 2.30. The van der Waals surface area contributed by atoms with Gasteiger partial charge in [-0.3, -0.25) is 0 Å². The van der Waals surface area contributed by atoms with Crippen LogP contribution in [0.3, 0.4) is 0 Å². The molecule has 108 valence electrons. The molecule has 1 aromatic rings. The average molecular weight is 268 g/mol. The summed E-state index contributed by atoms with van der Waals surface area (Å²) in [6, 6.07) is 7.35. The molecule has 0 heterocycles. The normalized spacial score (nSPS) is 11.7. The molecule has 0 amide bonds. The second kappa shape index (κ2) is 7.36. The predicted molar refractivity (Wildman–Crippen MR) is 74.5 cm³/mol. The Balaban J connectivity index is 2.51. The molecule has 19 heavy (non-hydrogen) atoms. The van der Waals surface area contributed by atoms with Gasteiger partial charge in [-0.1, -0.05) is 13.8 Å². The molecule has 0 aliphatic heterocycles. The summed E-state index contributed by atoms with van der Waals surface area (Å²) < 4.78 is 10.7. The molecule has 0 saturated carbocycles. The van der Waals surface area contributed by atoms with Crippen LogP contribution in [-0.2, 0) is 0 Å². The zero-order chi connectivity index (χ0) is 14.3. The van der Waals surface area contributed by atoms with Crippen LogP contribution in [0, 0.1) is 11.3 Å². The first-order valence-electron chi connectivity index (χ1n) is 6.56. The van der Waals surface area contributed by atoms with E-state index >= 15 is 0 Å². The zero-order valence-corrected chi connectivity index (χ0v) is 11.9. The van der Waals surface area contributed by atoms with Gasteiger partial charge < -0.3 is 19.7 Å². The number of rotatable bonds is 8. The molecule has 1 rings (SSSR count). The van der Waals surface area contributed by atoms with Gasteiger partial charge in [0.15, 0.2) is 0 Å². The minimum absolute atomic E-state index is 0.0346. The van der Waals surface area contributed by atoms with E-state index in [4.69, 9.17) is 9.47 Å². The Morgan fingerprint density at radius 2 is 1.58 bits per heavy atom. The van der Waals surface area contributed by atoms with Gasteiger partial charge in [0.1, 0.15) is 11.5 Å². The van der Waals surface area contributed by atoms with Crippen molar-refractivity contribution in [3.63, 3.8) is 0 Å². The van der Waals surface area contributed by atoms with E-state index in [1.165, 1.54) is 0 Å². The number of ether oxygens (including phenoxy) is 2. The van der Waals surface area contributed by atoms with Gasteiger partial charge in [0.2, 0.25) is 0 Å². The van der Waals surface area contributed by atoms with Crippen molar-refractivity contribution in [1.29, 1.82) is 0 Å². The summed E-state index contributed by atoms with van der Waals surface area (Å²) >= 11 is 0. The first-order valence-corrected chi connectivity index (χ1v) is 6.56. The van der Waals surface area contributed by atoms with Gasteiger partial charge in [-0.05, 0) is 36.6 Å². The molecule has 4 nitrogen and oxygen atoms in total. The summed E-state index contributed by atoms with van der Waals surface area (Å²) in [5.74, 6) is 1.74. The number of aliphatic hydroxyl groups is 2. The van der Waals surface area contributed by atoms with Crippen LogP contribution >= 0.6 is 0 Å². The molecule has 0 aliphatic rings. The first kappa shape index (κ1) is 15.8. The predicted octanol–water partition coefficient (Wildman–Crippen LogP) is 2.09. The Labute approximate surface area is 115 Å². The maximum absolute atomic E-state index is 9.48. The lowest BCUT2D eigenvalue weighted by molar-refractivity contribution is -0.000793. The third-order valence-corrected chi connectivity index (χ3v) is 3.78. The summed E-state index contributed by atoms with van der Waals surface area (Å²) in [6.07, 6.45) is 0.615. The monoisotopic (exact) mass is 268 g/mol. The molecule has 1 aromatic carbocycles. The minimum Gasteiger partial charge on any atom is -0.497 e. The Morgan fingerprint density at radius 1 is 1.05 bits per heavy atom. The third-order valence-electron chi connectivity index (χ3n) is 3.78. The molecule has 0 unspecified atom stereocenters. The van der Waals surface area contributed by atoms with Crippen molar-refractivity contribution in [2.24, 2.45) is 11.3 Å². The summed E-state index contributed by atoms with van der Waals surface area (Å²) in [4.78, 5) is 0. The van der Waals surface area contributed by atoms with Crippen molar-refractivity contribution < 1.29 is 19.7 Å². The zero-order valence-electron chi connectivity index (χ0n) is 11.9. The Hall–Kier alpha value is -1.26. The minimum atomic E-state index is -0.480. The molecule has 0 bridgehead atoms. The van der Waals surface area contributed by atoms with Crippen LogP contribution in [0.2, 0.25) is 0 Å². The third kappa shape index (κ3) is 4.11. The molecule has 0 aliphatic carbocycles. The maximum atomic E-state index is 9.48. The van der Waals surface area contributed by atoms with E-state index in [0.29, 0.717) is 13.0 Å². The SMILES string of the molecule is COc1ccc(OCCC(CO)(CO)C(C)C)cc1. The highest BCUT2D eigenvalue weighted by atomic mass is 16.5. The number of hydrogen-bond donors (Lipinski definition) is 2. The fourth-order valence-corrected chi connectivity index (χ4v) is 1.91. The molecule has 2 N–H and O–H groups in total. The smallest absolute Gasteiger partial charge is 0.119 e. The van der Waals surface area contributed by atoms with E-state index in [-0.39, 0.29) is 19.1 Å². The van der Waals surface area contributed by atoms with Crippen LogP contribution in [0.4, 0.5) is 0 Å².